The minimum absolute atomic E-state index is 0.118. The fraction of sp³-hybridized carbons (Fsp3) is 0.741. The maximum atomic E-state index is 13.0. The number of nitrogens with zero attached hydrogens (tertiary/aromatic N) is 5. The minimum Gasteiger partial charge on any atom is -0.396 e. The molecule has 0 atom stereocenters. The second kappa shape index (κ2) is 14.2. The fourth-order valence-corrected chi connectivity index (χ4v) is 5.39. The first-order valence-electron chi connectivity index (χ1n) is 13.8. The maximum Gasteiger partial charge on any atom is 0.236 e. The average Bonchev–Trinajstić information content (AvgIpc) is 2.92. The number of piperidine rings is 2. The van der Waals surface area contributed by atoms with Gasteiger partial charge >= 0.3 is 0 Å². The smallest absolute Gasteiger partial charge is 0.236 e. The summed E-state index contributed by atoms with van der Waals surface area (Å²) in [5, 5.41) is 18.7. The van der Waals surface area contributed by atoms with Crippen molar-refractivity contribution >= 4 is 11.8 Å². The molecule has 0 aromatic carbocycles. The molecule has 10 heteroatoms. The second-order valence-electron chi connectivity index (χ2n) is 10.7. The molecule has 37 heavy (non-hydrogen) atoms. The highest BCUT2D eigenvalue weighted by Crippen LogP contribution is 2.18. The number of likely N-dealkylation sites (tertiary alicyclic amines) is 2. The number of carbonyl (C=O) groups excluding carboxylic acids is 2. The van der Waals surface area contributed by atoms with Crippen molar-refractivity contribution in [3.8, 4) is 0 Å². The van der Waals surface area contributed by atoms with E-state index in [1.165, 1.54) is 0 Å². The predicted octanol–water partition coefficient (Wildman–Crippen LogP) is 0.178. The van der Waals surface area contributed by atoms with Crippen LogP contribution in [0.4, 0.5) is 0 Å². The summed E-state index contributed by atoms with van der Waals surface area (Å²) in [6.07, 6.45) is 3.42. The highest BCUT2D eigenvalue weighted by molar-refractivity contribution is 5.78. The van der Waals surface area contributed by atoms with Gasteiger partial charge in [0.1, 0.15) is 0 Å². The first-order valence-corrected chi connectivity index (χ1v) is 13.8. The van der Waals surface area contributed by atoms with Crippen LogP contribution in [0.2, 0.25) is 0 Å². The summed E-state index contributed by atoms with van der Waals surface area (Å²) in [7, 11) is 0. The van der Waals surface area contributed by atoms with E-state index in [1.54, 1.807) is 0 Å². The van der Waals surface area contributed by atoms with E-state index in [-0.39, 0.29) is 25.0 Å². The highest BCUT2D eigenvalue weighted by Gasteiger charge is 2.26. The van der Waals surface area contributed by atoms with Crippen molar-refractivity contribution < 1.29 is 24.5 Å². The molecular weight excluding hydrogens is 474 g/mol. The molecule has 206 valence electrons. The lowest BCUT2D eigenvalue weighted by Crippen LogP contribution is -2.46. The maximum absolute atomic E-state index is 13.0. The third-order valence-corrected chi connectivity index (χ3v) is 7.91. The Hall–Kier alpha value is -2.11. The molecule has 4 rings (SSSR count). The van der Waals surface area contributed by atoms with Gasteiger partial charge < -0.3 is 24.7 Å². The highest BCUT2D eigenvalue weighted by atomic mass is 16.5. The molecule has 1 aromatic heterocycles. The Bertz CT molecular complexity index is 805. The lowest BCUT2D eigenvalue weighted by atomic mass is 9.98. The van der Waals surface area contributed by atoms with E-state index < -0.39 is 0 Å². The topological polar surface area (TPSA) is 110 Å². The number of pyridine rings is 1. The Morgan fingerprint density at radius 3 is 1.59 bits per heavy atom. The number of carbonyl (C=O) groups is 2. The van der Waals surface area contributed by atoms with Gasteiger partial charge in [-0.25, -0.2) is 0 Å². The number of amides is 2. The van der Waals surface area contributed by atoms with Crippen molar-refractivity contribution in [3.05, 3.63) is 29.6 Å². The van der Waals surface area contributed by atoms with Crippen molar-refractivity contribution in [2.75, 3.05) is 78.8 Å². The van der Waals surface area contributed by atoms with Crippen molar-refractivity contribution in [1.82, 2.24) is 24.6 Å². The van der Waals surface area contributed by atoms with Gasteiger partial charge in [-0.1, -0.05) is 6.07 Å². The van der Waals surface area contributed by atoms with Crippen LogP contribution in [0.1, 0.15) is 37.1 Å². The Labute approximate surface area is 220 Å². The van der Waals surface area contributed by atoms with Gasteiger partial charge in [0.15, 0.2) is 0 Å². The largest absolute Gasteiger partial charge is 0.396 e. The number of hydrogen-bond donors (Lipinski definition) is 2. The van der Waals surface area contributed by atoms with Crippen LogP contribution in [-0.2, 0) is 27.4 Å². The number of hydrogen-bond acceptors (Lipinski definition) is 8. The molecule has 0 saturated carbocycles. The normalized spacial score (nSPS) is 21.9. The van der Waals surface area contributed by atoms with Gasteiger partial charge in [-0.15, -0.1) is 0 Å². The van der Waals surface area contributed by atoms with E-state index in [4.69, 9.17) is 9.72 Å². The van der Waals surface area contributed by atoms with Crippen LogP contribution in [-0.4, -0.2) is 125 Å². The van der Waals surface area contributed by atoms with Gasteiger partial charge in [0.05, 0.1) is 37.7 Å². The van der Waals surface area contributed by atoms with Crippen molar-refractivity contribution in [3.63, 3.8) is 0 Å². The summed E-state index contributed by atoms with van der Waals surface area (Å²) in [6.45, 7) is 7.27. The molecule has 0 aliphatic carbocycles. The van der Waals surface area contributed by atoms with Crippen LogP contribution in [0.25, 0.3) is 0 Å². The molecule has 2 saturated heterocycles. The summed E-state index contributed by atoms with van der Waals surface area (Å²) in [5.41, 5.74) is 1.81. The van der Waals surface area contributed by atoms with E-state index >= 15 is 0 Å². The number of fused-ring (bicyclic) bond motifs is 2. The Kier molecular flexibility index (Phi) is 10.7. The monoisotopic (exact) mass is 517 g/mol. The molecule has 0 spiro atoms. The third kappa shape index (κ3) is 8.44. The first kappa shape index (κ1) is 27.9. The number of rotatable bonds is 6. The lowest BCUT2D eigenvalue weighted by Gasteiger charge is -2.33. The molecule has 2 N–H and O–H groups in total. The van der Waals surface area contributed by atoms with Crippen LogP contribution in [0.5, 0.6) is 0 Å². The molecule has 0 unspecified atom stereocenters. The summed E-state index contributed by atoms with van der Waals surface area (Å²) in [6, 6.07) is 5.97. The molecule has 0 radical (unpaired) electrons. The molecule has 3 aliphatic rings. The summed E-state index contributed by atoms with van der Waals surface area (Å²) in [4.78, 5) is 38.8. The zero-order valence-corrected chi connectivity index (χ0v) is 22.0. The van der Waals surface area contributed by atoms with Crippen LogP contribution in [0.3, 0.4) is 0 Å². The van der Waals surface area contributed by atoms with Crippen molar-refractivity contribution in [2.24, 2.45) is 11.8 Å². The standard InChI is InChI=1S/C27H43N5O5/c33-20-22-4-8-31(9-5-22)26(35)18-29-12-14-37-15-13-30(17-25-3-1-2-24(16-29)28-25)19-27(36)32-10-6-23(21-34)7-11-32/h1-3,22-23,33-34H,4-21H2. The number of ether oxygens (including phenoxy) is 1. The molecule has 2 amide bonds. The lowest BCUT2D eigenvalue weighted by molar-refractivity contribution is -0.134. The Balaban J connectivity index is 1.34. The fourth-order valence-electron chi connectivity index (χ4n) is 5.39. The van der Waals surface area contributed by atoms with E-state index in [2.05, 4.69) is 9.80 Å². The van der Waals surface area contributed by atoms with Gasteiger partial charge in [0.25, 0.3) is 0 Å². The van der Waals surface area contributed by atoms with E-state index in [0.29, 0.717) is 90.5 Å². The second-order valence-corrected chi connectivity index (χ2v) is 10.7. The Morgan fingerprint density at radius 1 is 0.757 bits per heavy atom. The van der Waals surface area contributed by atoms with Gasteiger partial charge in [-0.2, -0.15) is 0 Å². The quantitative estimate of drug-likeness (QED) is 0.550. The van der Waals surface area contributed by atoms with Gasteiger partial charge in [-0.05, 0) is 49.7 Å². The third-order valence-electron chi connectivity index (χ3n) is 7.91. The molecule has 10 nitrogen and oxygen atoms in total. The van der Waals surface area contributed by atoms with Crippen molar-refractivity contribution in [1.29, 1.82) is 0 Å². The molecule has 1 aromatic rings. The van der Waals surface area contributed by atoms with Crippen LogP contribution in [0, 0.1) is 11.8 Å². The molecule has 3 aliphatic heterocycles. The van der Waals surface area contributed by atoms with Gasteiger partial charge in [0, 0.05) is 65.6 Å². The van der Waals surface area contributed by atoms with Gasteiger partial charge in [0.2, 0.25) is 11.8 Å². The zero-order chi connectivity index (χ0) is 26.0. The van der Waals surface area contributed by atoms with Crippen LogP contribution in [0.15, 0.2) is 18.2 Å². The summed E-state index contributed by atoms with van der Waals surface area (Å²) in [5.74, 6) is 0.846. The van der Waals surface area contributed by atoms with Crippen LogP contribution < -0.4 is 0 Å². The Morgan fingerprint density at radius 2 is 1.19 bits per heavy atom. The number of aliphatic hydroxyl groups excluding tert-OH is 2. The van der Waals surface area contributed by atoms with Crippen molar-refractivity contribution in [2.45, 2.75) is 38.8 Å². The molecule has 2 fully saturated rings. The minimum atomic E-state index is 0.118. The molecule has 2 bridgehead atoms. The zero-order valence-electron chi connectivity index (χ0n) is 22.0. The number of aromatic nitrogens is 1. The van der Waals surface area contributed by atoms with Crippen LogP contribution >= 0.6 is 0 Å². The SMILES string of the molecule is O=C(CN1CCOCCN(CC(=O)N2CCC(CO)CC2)Cc2cccc(n2)C1)N1CCC(CO)CC1. The average molecular weight is 518 g/mol. The molecule has 4 heterocycles. The predicted molar refractivity (Wildman–Crippen MR) is 138 cm³/mol. The summed E-state index contributed by atoms with van der Waals surface area (Å²) >= 11 is 0. The van der Waals surface area contributed by atoms with E-state index in [1.807, 2.05) is 28.0 Å². The first-order chi connectivity index (χ1) is 18.0. The van der Waals surface area contributed by atoms with E-state index in [0.717, 1.165) is 37.1 Å². The molecular formula is C27H43N5O5. The number of aliphatic hydroxyl groups is 2. The van der Waals surface area contributed by atoms with Gasteiger partial charge in [-0.3, -0.25) is 24.4 Å². The van der Waals surface area contributed by atoms with E-state index in [9.17, 15) is 19.8 Å². The summed E-state index contributed by atoms with van der Waals surface area (Å²) < 4.78 is 5.93.